The van der Waals surface area contributed by atoms with Crippen molar-refractivity contribution < 1.29 is 38.6 Å². The van der Waals surface area contributed by atoms with Gasteiger partial charge in [-0.05, 0) is 84.0 Å². The van der Waals surface area contributed by atoms with Gasteiger partial charge in [-0.15, -0.1) is 0 Å². The van der Waals surface area contributed by atoms with Gasteiger partial charge in [0.15, 0.2) is 0 Å². The van der Waals surface area contributed by atoms with Gasteiger partial charge in [-0.1, -0.05) is 76.7 Å². The van der Waals surface area contributed by atoms with Crippen LogP contribution < -0.4 is 10.6 Å². The molecule has 0 aromatic carbocycles. The molecule has 0 fully saturated rings. The lowest BCUT2D eigenvalue weighted by atomic mass is 10.1. The summed E-state index contributed by atoms with van der Waals surface area (Å²) in [5.41, 5.74) is 0. The zero-order valence-corrected chi connectivity index (χ0v) is 30.5. The Bertz CT molecular complexity index is 873. The van der Waals surface area contributed by atoms with Gasteiger partial charge in [0.05, 0.1) is 0 Å². The molecule has 0 aromatic rings. The molecule has 0 rings (SSSR count). The Hall–Kier alpha value is -2.85. The summed E-state index contributed by atoms with van der Waals surface area (Å²) in [5, 5.41) is 13.7. The maximum atomic E-state index is 11.2. The first-order valence-corrected chi connectivity index (χ1v) is 18.6. The number of allylic oxidation sites excluding steroid dienone is 4. The van der Waals surface area contributed by atoms with Crippen LogP contribution in [0.5, 0.6) is 0 Å². The number of carboxylic acids is 1. The molecule has 0 aliphatic rings. The van der Waals surface area contributed by atoms with Crippen LogP contribution in [0.15, 0.2) is 24.3 Å². The number of Topliss-reactive ketones (excluding diaryl/α,β-unsaturated/α-hetero) is 2. The third-order valence-electron chi connectivity index (χ3n) is 7.40. The van der Waals surface area contributed by atoms with Gasteiger partial charge in [0.25, 0.3) is 11.8 Å². The first kappa shape index (κ1) is 47.3. The molecule has 10 heteroatoms. The Kier molecular flexibility index (Phi) is 38.0. The van der Waals surface area contributed by atoms with Crippen LogP contribution in [0, 0.1) is 0 Å². The van der Waals surface area contributed by atoms with Gasteiger partial charge in [0.1, 0.15) is 6.61 Å². The van der Waals surface area contributed by atoms with Gasteiger partial charge in [-0.3, -0.25) is 19.2 Å². The molecule has 0 radical (unpaired) electrons. The quantitative estimate of drug-likeness (QED) is 0.0368. The second-order valence-corrected chi connectivity index (χ2v) is 11.8. The highest BCUT2D eigenvalue weighted by Gasteiger charge is 2.09. The average molecular weight is 681 g/mol. The lowest BCUT2D eigenvalue weighted by molar-refractivity contribution is -0.142. The van der Waals surface area contributed by atoms with Crippen molar-refractivity contribution in [3.8, 4) is 0 Å². The molecule has 0 unspecified atom stereocenters. The molecule has 2 amide bonds. The smallest absolute Gasteiger partial charge is 0.329 e. The van der Waals surface area contributed by atoms with Crippen molar-refractivity contribution in [2.45, 2.75) is 149 Å². The molecule has 0 atom stereocenters. The van der Waals surface area contributed by atoms with E-state index in [-0.39, 0.29) is 31.0 Å². The highest BCUT2D eigenvalue weighted by Crippen LogP contribution is 2.08. The molecule has 0 saturated heterocycles. The fraction of sp³-hybridized carbons (Fsp3) is 0.763. The van der Waals surface area contributed by atoms with Crippen molar-refractivity contribution in [3.63, 3.8) is 0 Å². The molecule has 278 valence electrons. The van der Waals surface area contributed by atoms with Crippen LogP contribution in [0.3, 0.4) is 0 Å². The van der Waals surface area contributed by atoms with E-state index in [0.29, 0.717) is 19.7 Å². The summed E-state index contributed by atoms with van der Waals surface area (Å²) >= 11 is 0. The molecule has 0 aliphatic heterocycles. The molecule has 0 heterocycles. The molecule has 3 N–H and O–H groups in total. The van der Waals surface area contributed by atoms with Crippen molar-refractivity contribution in [2.24, 2.45) is 0 Å². The number of hydrogen-bond donors (Lipinski definition) is 3. The monoisotopic (exact) mass is 680 g/mol. The molecule has 0 spiro atoms. The number of ketones is 2. The van der Waals surface area contributed by atoms with E-state index in [1.54, 1.807) is 13.8 Å². The number of unbranched alkanes of at least 4 members (excludes halogenated alkanes) is 14. The third kappa shape index (κ3) is 37.6. The minimum absolute atomic E-state index is 0.200. The van der Waals surface area contributed by atoms with Crippen LogP contribution in [0.2, 0.25) is 0 Å². The summed E-state index contributed by atoms with van der Waals surface area (Å²) in [4.78, 5) is 54.8. The van der Waals surface area contributed by atoms with Crippen LogP contribution in [-0.4, -0.2) is 74.0 Å². The minimum atomic E-state index is -0.914. The molecule has 48 heavy (non-hydrogen) atoms. The zero-order valence-electron chi connectivity index (χ0n) is 30.5. The second-order valence-electron chi connectivity index (χ2n) is 11.8. The minimum Gasteiger partial charge on any atom is -0.480 e. The largest absolute Gasteiger partial charge is 0.480 e. The Balaban J connectivity index is 0. The summed E-state index contributed by atoms with van der Waals surface area (Å²) in [7, 11) is 0. The van der Waals surface area contributed by atoms with Crippen molar-refractivity contribution in [3.05, 3.63) is 24.3 Å². The fourth-order valence-corrected chi connectivity index (χ4v) is 4.47. The van der Waals surface area contributed by atoms with Crippen molar-refractivity contribution in [2.75, 3.05) is 39.5 Å². The first-order valence-electron chi connectivity index (χ1n) is 18.6. The van der Waals surface area contributed by atoms with E-state index in [1.807, 2.05) is 6.92 Å². The van der Waals surface area contributed by atoms with Crippen LogP contribution in [0.4, 0.5) is 0 Å². The van der Waals surface area contributed by atoms with Crippen molar-refractivity contribution in [1.82, 2.24) is 10.6 Å². The van der Waals surface area contributed by atoms with Gasteiger partial charge in [0, 0.05) is 45.8 Å². The number of ether oxygens (including phenoxy) is 2. The Morgan fingerprint density at radius 2 is 0.854 bits per heavy atom. The number of hydrogen-bond acceptors (Lipinski definition) is 7. The van der Waals surface area contributed by atoms with Gasteiger partial charge < -0.3 is 25.2 Å². The van der Waals surface area contributed by atoms with Gasteiger partial charge >= 0.3 is 5.97 Å². The number of carboxylic acid groups (broad SMARTS) is 1. The Labute approximate surface area is 291 Å². The van der Waals surface area contributed by atoms with Crippen LogP contribution >= 0.6 is 0 Å². The summed E-state index contributed by atoms with van der Waals surface area (Å²) < 4.78 is 10.3. The van der Waals surface area contributed by atoms with E-state index in [1.165, 1.54) is 44.9 Å². The van der Waals surface area contributed by atoms with E-state index < -0.39 is 17.8 Å². The van der Waals surface area contributed by atoms with Gasteiger partial charge in [0.2, 0.25) is 11.6 Å². The summed E-state index contributed by atoms with van der Waals surface area (Å²) in [6, 6.07) is 0. The molecular weight excluding hydrogens is 612 g/mol. The van der Waals surface area contributed by atoms with E-state index in [9.17, 15) is 24.0 Å². The summed E-state index contributed by atoms with van der Waals surface area (Å²) in [6.45, 7) is 8.65. The SMILES string of the molecule is CCC(=O)C(=O)NCCCC/C=C\CCCCCCCOCC(=O)O.CCOCCCCCCC/C=C\CCCCNC(=O)C(=O)CC. The predicted octanol–water partition coefficient (Wildman–Crippen LogP) is 7.44. The number of aliphatic carboxylic acids is 1. The molecule has 0 aromatic heterocycles. The van der Waals surface area contributed by atoms with Crippen molar-refractivity contribution in [1.29, 1.82) is 0 Å². The van der Waals surface area contributed by atoms with E-state index in [4.69, 9.17) is 14.6 Å². The highest BCUT2D eigenvalue weighted by atomic mass is 16.5. The lowest BCUT2D eigenvalue weighted by Gasteiger charge is -2.02. The normalized spacial score (nSPS) is 11.0. The summed E-state index contributed by atoms with van der Waals surface area (Å²) in [5.74, 6) is -2.51. The standard InChI is InChI=1S/C19H33NO5.C19H35NO3/c1-2-17(21)19(24)20-14-12-10-8-6-4-3-5-7-9-11-13-15-25-16-18(22)23;1-3-18(21)19(22)20-16-14-12-10-8-6-5-7-9-11-13-15-17-23-4-2/h4,6H,2-3,5,7-16H2,1H3,(H,20,24)(H,22,23);6,8H,3-5,7,9-17H2,1-2H3,(H,20,22)/b6-4-;8-6-. The summed E-state index contributed by atoms with van der Waals surface area (Å²) in [6.07, 6.45) is 29.4. The number of carbonyl (C=O) groups is 5. The van der Waals surface area contributed by atoms with Gasteiger partial charge in [-0.2, -0.15) is 0 Å². The van der Waals surface area contributed by atoms with Crippen molar-refractivity contribution >= 4 is 29.4 Å². The van der Waals surface area contributed by atoms with E-state index in [0.717, 1.165) is 83.8 Å². The highest BCUT2D eigenvalue weighted by molar-refractivity contribution is 6.36. The number of rotatable bonds is 33. The molecule has 10 nitrogen and oxygen atoms in total. The van der Waals surface area contributed by atoms with Crippen LogP contribution in [-0.2, 0) is 33.4 Å². The molecular formula is C38H68N2O8. The third-order valence-corrected chi connectivity index (χ3v) is 7.40. The fourth-order valence-electron chi connectivity index (χ4n) is 4.47. The predicted molar refractivity (Wildman–Crippen MR) is 193 cm³/mol. The topological polar surface area (TPSA) is 148 Å². The Morgan fingerprint density at radius 3 is 1.23 bits per heavy atom. The first-order chi connectivity index (χ1) is 23.3. The number of carbonyl (C=O) groups excluding carboxylic acids is 4. The maximum Gasteiger partial charge on any atom is 0.329 e. The van der Waals surface area contributed by atoms with Crippen LogP contribution in [0.25, 0.3) is 0 Å². The van der Waals surface area contributed by atoms with Crippen LogP contribution in [0.1, 0.15) is 149 Å². The lowest BCUT2D eigenvalue weighted by Crippen LogP contribution is -2.31. The molecule has 0 saturated carbocycles. The van der Waals surface area contributed by atoms with E-state index in [2.05, 4.69) is 34.9 Å². The average Bonchev–Trinajstić information content (AvgIpc) is 3.08. The molecule has 0 bridgehead atoms. The Morgan fingerprint density at radius 1 is 0.500 bits per heavy atom. The number of amides is 2. The second kappa shape index (κ2) is 38.6. The van der Waals surface area contributed by atoms with Gasteiger partial charge in [-0.25, -0.2) is 4.79 Å². The zero-order chi connectivity index (χ0) is 35.9. The van der Waals surface area contributed by atoms with E-state index >= 15 is 0 Å². The number of nitrogens with one attached hydrogen (secondary N) is 2. The maximum absolute atomic E-state index is 11.2. The molecule has 0 aliphatic carbocycles.